The highest BCUT2D eigenvalue weighted by molar-refractivity contribution is 7.83. The first kappa shape index (κ1) is 17.2. The Morgan fingerprint density at radius 3 is 2.59 bits per heavy atom. The highest BCUT2D eigenvalue weighted by Gasteiger charge is 2.43. The third kappa shape index (κ3) is 3.43. The molecule has 1 atom stereocenters. The summed E-state index contributed by atoms with van der Waals surface area (Å²) in [5.74, 6) is 0.744. The lowest BCUT2D eigenvalue weighted by Crippen LogP contribution is -2.36. The van der Waals surface area contributed by atoms with E-state index in [-0.39, 0.29) is 24.4 Å². The van der Waals surface area contributed by atoms with Crippen molar-refractivity contribution in [2.75, 3.05) is 7.05 Å². The van der Waals surface area contributed by atoms with Crippen molar-refractivity contribution >= 4 is 10.3 Å². The molecule has 124 valence electrons. The summed E-state index contributed by atoms with van der Waals surface area (Å²) < 4.78 is 43.8. The number of ether oxygens (including phenoxy) is 2. The Kier molecular flexibility index (Phi) is 4.54. The first-order valence-corrected chi connectivity index (χ1v) is 8.56. The molecule has 0 aliphatic carbocycles. The number of hydrogen-bond donors (Lipinski definition) is 1. The normalized spacial score (nSPS) is 20.3. The number of hydrogen-bond acceptors (Lipinski definition) is 4. The van der Waals surface area contributed by atoms with Gasteiger partial charge < -0.3 is 9.47 Å². The number of benzene rings is 1. The van der Waals surface area contributed by atoms with Crippen molar-refractivity contribution < 1.29 is 22.4 Å². The molecule has 0 bridgehead atoms. The van der Waals surface area contributed by atoms with Gasteiger partial charge in [0.25, 0.3) is 0 Å². The molecule has 1 aromatic carbocycles. The van der Waals surface area contributed by atoms with Crippen LogP contribution in [0.4, 0.5) is 0 Å². The van der Waals surface area contributed by atoms with E-state index in [1.54, 1.807) is 6.07 Å². The fourth-order valence-electron chi connectivity index (χ4n) is 2.46. The van der Waals surface area contributed by atoms with Gasteiger partial charge in [-0.15, -0.1) is 0 Å². The van der Waals surface area contributed by atoms with E-state index in [0.29, 0.717) is 0 Å². The van der Waals surface area contributed by atoms with E-state index in [1.807, 2.05) is 39.8 Å². The van der Waals surface area contributed by atoms with Crippen LogP contribution < -0.4 is 4.74 Å². The molecule has 7 heteroatoms. The minimum atomic E-state index is -4.19. The van der Waals surface area contributed by atoms with E-state index in [4.69, 9.17) is 14.0 Å². The van der Waals surface area contributed by atoms with Gasteiger partial charge in [-0.25, -0.2) is 0 Å². The summed E-state index contributed by atoms with van der Waals surface area (Å²) in [6, 6.07) is 5.50. The maximum atomic E-state index is 11.1. The zero-order chi connectivity index (χ0) is 16.7. The second-order valence-electron chi connectivity index (χ2n) is 6.42. The molecule has 0 saturated carbocycles. The molecule has 1 aromatic rings. The third-order valence-corrected chi connectivity index (χ3v) is 4.67. The van der Waals surface area contributed by atoms with Crippen molar-refractivity contribution in [2.45, 2.75) is 52.0 Å². The molecule has 0 aromatic heterocycles. The Labute approximate surface area is 131 Å². The minimum Gasteiger partial charge on any atom is -0.464 e. The molecule has 6 nitrogen and oxygen atoms in total. The van der Waals surface area contributed by atoms with Crippen LogP contribution in [-0.4, -0.2) is 36.7 Å². The van der Waals surface area contributed by atoms with Crippen LogP contribution in [0.5, 0.6) is 5.75 Å². The van der Waals surface area contributed by atoms with Gasteiger partial charge in [0.05, 0.1) is 11.5 Å². The topological polar surface area (TPSA) is 76.1 Å². The average Bonchev–Trinajstić information content (AvgIpc) is 2.60. The quantitative estimate of drug-likeness (QED) is 0.839. The van der Waals surface area contributed by atoms with Crippen LogP contribution in [0.1, 0.15) is 38.8 Å². The van der Waals surface area contributed by atoms with Gasteiger partial charge in [-0.3, -0.25) is 4.55 Å². The standard InChI is InChI=1S/C15H23NO5S/c1-10(2)20-14-15(3,4)12-8-11(6-7-13(12)21-14)9-16(5)22(17,18)19/h6-8,10,14H,9H2,1-5H3,(H,17,18,19). The van der Waals surface area contributed by atoms with Gasteiger partial charge >= 0.3 is 10.3 Å². The van der Waals surface area contributed by atoms with E-state index >= 15 is 0 Å². The predicted octanol–water partition coefficient (Wildman–Crippen LogP) is 2.34. The molecule has 0 spiro atoms. The van der Waals surface area contributed by atoms with Gasteiger partial charge in [0.15, 0.2) is 0 Å². The van der Waals surface area contributed by atoms with Crippen molar-refractivity contribution in [1.82, 2.24) is 4.31 Å². The molecule has 0 fully saturated rings. The van der Waals surface area contributed by atoms with Crippen LogP contribution in [0, 0.1) is 0 Å². The summed E-state index contributed by atoms with van der Waals surface area (Å²) in [7, 11) is -2.86. The molecule has 1 aliphatic heterocycles. The summed E-state index contributed by atoms with van der Waals surface area (Å²) in [6.07, 6.45) is -0.333. The second kappa shape index (κ2) is 5.81. The molecular formula is C15H23NO5S. The minimum absolute atomic E-state index is 0.0451. The van der Waals surface area contributed by atoms with Gasteiger partial charge in [-0.1, -0.05) is 6.07 Å². The molecule has 1 unspecified atom stereocenters. The summed E-state index contributed by atoms with van der Waals surface area (Å²) >= 11 is 0. The molecule has 0 saturated heterocycles. The van der Waals surface area contributed by atoms with Crippen molar-refractivity contribution in [3.8, 4) is 5.75 Å². The number of rotatable bonds is 5. The zero-order valence-corrected chi connectivity index (χ0v) is 14.3. The first-order chi connectivity index (χ1) is 10.0. The van der Waals surface area contributed by atoms with E-state index < -0.39 is 10.3 Å². The fraction of sp³-hybridized carbons (Fsp3) is 0.600. The summed E-state index contributed by atoms with van der Waals surface area (Å²) in [5.41, 5.74) is 1.41. The molecule has 1 heterocycles. The van der Waals surface area contributed by atoms with Crippen molar-refractivity contribution in [1.29, 1.82) is 0 Å². The van der Waals surface area contributed by atoms with E-state index in [1.165, 1.54) is 7.05 Å². The van der Waals surface area contributed by atoms with Crippen LogP contribution in [-0.2, 0) is 27.0 Å². The molecule has 22 heavy (non-hydrogen) atoms. The van der Waals surface area contributed by atoms with Gasteiger partial charge in [-0.2, -0.15) is 12.7 Å². The van der Waals surface area contributed by atoms with Gasteiger partial charge in [0.1, 0.15) is 5.75 Å². The summed E-state index contributed by atoms with van der Waals surface area (Å²) in [5, 5.41) is 0. The Bertz CT molecular complexity index is 654. The summed E-state index contributed by atoms with van der Waals surface area (Å²) in [6.45, 7) is 8.06. The number of fused-ring (bicyclic) bond motifs is 1. The van der Waals surface area contributed by atoms with Crippen molar-refractivity contribution in [3.05, 3.63) is 29.3 Å². The highest BCUT2D eigenvalue weighted by atomic mass is 32.2. The van der Waals surface area contributed by atoms with Crippen LogP contribution in [0.2, 0.25) is 0 Å². The van der Waals surface area contributed by atoms with Gasteiger partial charge in [0.2, 0.25) is 6.29 Å². The van der Waals surface area contributed by atoms with E-state index in [2.05, 4.69) is 0 Å². The smallest absolute Gasteiger partial charge is 0.335 e. The molecule has 0 amide bonds. The predicted molar refractivity (Wildman–Crippen MR) is 83.1 cm³/mol. The lowest BCUT2D eigenvalue weighted by atomic mass is 9.84. The van der Waals surface area contributed by atoms with Gasteiger partial charge in [0, 0.05) is 19.2 Å². The van der Waals surface area contributed by atoms with Crippen molar-refractivity contribution in [3.63, 3.8) is 0 Å². The largest absolute Gasteiger partial charge is 0.464 e. The average molecular weight is 329 g/mol. The molecule has 2 rings (SSSR count). The maximum absolute atomic E-state index is 11.1. The lowest BCUT2D eigenvalue weighted by Gasteiger charge is -2.27. The Morgan fingerprint density at radius 2 is 2.05 bits per heavy atom. The molecule has 0 radical (unpaired) electrons. The highest BCUT2D eigenvalue weighted by Crippen LogP contribution is 2.44. The van der Waals surface area contributed by atoms with Crippen molar-refractivity contribution in [2.24, 2.45) is 0 Å². The monoisotopic (exact) mass is 329 g/mol. The van der Waals surface area contributed by atoms with Gasteiger partial charge in [-0.05, 0) is 45.4 Å². The fourth-order valence-corrected chi connectivity index (χ4v) is 2.77. The Hall–Kier alpha value is -1.15. The zero-order valence-electron chi connectivity index (χ0n) is 13.5. The number of nitrogens with zero attached hydrogens (tertiary/aromatic N) is 1. The van der Waals surface area contributed by atoms with Crippen LogP contribution in [0.3, 0.4) is 0 Å². The van der Waals surface area contributed by atoms with Crippen LogP contribution >= 0.6 is 0 Å². The summed E-state index contributed by atoms with van der Waals surface area (Å²) in [4.78, 5) is 0. The Morgan fingerprint density at radius 1 is 1.41 bits per heavy atom. The second-order valence-corrected chi connectivity index (χ2v) is 7.94. The SMILES string of the molecule is CC(C)OC1Oc2ccc(CN(C)S(=O)(=O)O)cc2C1(C)C. The van der Waals surface area contributed by atoms with Crippen LogP contribution in [0.15, 0.2) is 18.2 Å². The molecule has 1 aliphatic rings. The van der Waals surface area contributed by atoms with Crippen LogP contribution in [0.25, 0.3) is 0 Å². The van der Waals surface area contributed by atoms with E-state index in [0.717, 1.165) is 21.2 Å². The Balaban J connectivity index is 2.27. The molecular weight excluding hydrogens is 306 g/mol. The third-order valence-electron chi connectivity index (χ3n) is 3.76. The van der Waals surface area contributed by atoms with E-state index in [9.17, 15) is 8.42 Å². The maximum Gasteiger partial charge on any atom is 0.335 e. The first-order valence-electron chi connectivity index (χ1n) is 7.16. The molecule has 1 N–H and O–H groups in total. The lowest BCUT2D eigenvalue weighted by molar-refractivity contribution is -0.128.